The van der Waals surface area contributed by atoms with Crippen LogP contribution >= 0.6 is 0 Å². The van der Waals surface area contributed by atoms with Crippen LogP contribution in [0.15, 0.2) is 30.3 Å². The number of aromatic nitrogens is 1. The molecule has 0 saturated carbocycles. The van der Waals surface area contributed by atoms with Gasteiger partial charge in [-0.05, 0) is 25.6 Å². The maximum atomic E-state index is 6.00. The van der Waals surface area contributed by atoms with Gasteiger partial charge in [0.2, 0.25) is 0 Å². The van der Waals surface area contributed by atoms with Crippen LogP contribution in [0.3, 0.4) is 0 Å². The number of pyridine rings is 1. The average Bonchev–Trinajstić information content (AvgIpc) is 2.45. The third-order valence-corrected chi connectivity index (χ3v) is 3.02. The van der Waals surface area contributed by atoms with Crippen LogP contribution in [0.25, 0.3) is 10.9 Å². The number of rotatable bonds is 7. The Balaban J connectivity index is 2.33. The van der Waals surface area contributed by atoms with Crippen LogP contribution in [0.5, 0.6) is 5.75 Å². The van der Waals surface area contributed by atoms with Crippen LogP contribution in [0.2, 0.25) is 0 Å². The van der Waals surface area contributed by atoms with Crippen LogP contribution in [0.1, 0.15) is 19.5 Å². The second-order valence-corrected chi connectivity index (χ2v) is 4.79. The summed E-state index contributed by atoms with van der Waals surface area (Å²) < 4.78 is 11.1. The van der Waals surface area contributed by atoms with E-state index in [9.17, 15) is 0 Å². The van der Waals surface area contributed by atoms with Gasteiger partial charge in [0, 0.05) is 25.1 Å². The van der Waals surface area contributed by atoms with E-state index >= 15 is 0 Å². The molecule has 0 spiro atoms. The quantitative estimate of drug-likeness (QED) is 0.843. The summed E-state index contributed by atoms with van der Waals surface area (Å²) in [5.74, 6) is 0.869. The van der Waals surface area contributed by atoms with Crippen molar-refractivity contribution in [2.75, 3.05) is 20.3 Å². The van der Waals surface area contributed by atoms with E-state index < -0.39 is 0 Å². The maximum absolute atomic E-state index is 6.00. The summed E-state index contributed by atoms with van der Waals surface area (Å²) in [6, 6.07) is 10.1. The molecule has 2 rings (SSSR count). The third kappa shape index (κ3) is 3.68. The molecule has 0 aliphatic heterocycles. The van der Waals surface area contributed by atoms with Crippen molar-refractivity contribution in [3.8, 4) is 5.75 Å². The van der Waals surface area contributed by atoms with Gasteiger partial charge in [-0.3, -0.25) is 4.98 Å². The second-order valence-electron chi connectivity index (χ2n) is 4.79. The highest BCUT2D eigenvalue weighted by Crippen LogP contribution is 2.26. The highest BCUT2D eigenvalue weighted by atomic mass is 16.5. The standard InChI is InChI=1S/C16H22N2O2/c1-4-17-10-13-9-16(20-12(2)11-19-3)14-7-5-6-8-15(14)18-13/h5-9,12,17H,4,10-11H2,1-3H3. The molecule has 1 heterocycles. The highest BCUT2D eigenvalue weighted by molar-refractivity contribution is 5.85. The lowest BCUT2D eigenvalue weighted by atomic mass is 10.1. The van der Waals surface area contributed by atoms with Crippen molar-refractivity contribution in [3.05, 3.63) is 36.0 Å². The first-order valence-corrected chi connectivity index (χ1v) is 6.99. The van der Waals surface area contributed by atoms with Gasteiger partial charge in [0.15, 0.2) is 0 Å². The molecule has 20 heavy (non-hydrogen) atoms. The topological polar surface area (TPSA) is 43.4 Å². The van der Waals surface area contributed by atoms with E-state index in [2.05, 4.69) is 17.2 Å². The molecule has 0 amide bonds. The molecule has 0 saturated heterocycles. The van der Waals surface area contributed by atoms with Crippen LogP contribution in [0.4, 0.5) is 0 Å². The lowest BCUT2D eigenvalue weighted by molar-refractivity contribution is 0.0930. The van der Waals surface area contributed by atoms with Crippen LogP contribution in [0, 0.1) is 0 Å². The Kier molecular flexibility index (Phi) is 5.32. The number of para-hydroxylation sites is 1. The van der Waals surface area contributed by atoms with Gasteiger partial charge in [-0.25, -0.2) is 0 Å². The molecule has 1 N–H and O–H groups in total. The van der Waals surface area contributed by atoms with E-state index in [0.717, 1.165) is 35.4 Å². The fourth-order valence-electron chi connectivity index (χ4n) is 2.12. The average molecular weight is 274 g/mol. The van der Waals surface area contributed by atoms with Crippen molar-refractivity contribution in [3.63, 3.8) is 0 Å². The Labute approximate surface area is 120 Å². The minimum absolute atomic E-state index is 0.0118. The van der Waals surface area contributed by atoms with Gasteiger partial charge >= 0.3 is 0 Å². The number of ether oxygens (including phenoxy) is 2. The number of benzene rings is 1. The molecule has 4 heteroatoms. The van der Waals surface area contributed by atoms with Crippen molar-refractivity contribution in [2.45, 2.75) is 26.5 Å². The molecule has 0 radical (unpaired) electrons. The first-order valence-electron chi connectivity index (χ1n) is 6.99. The molecular weight excluding hydrogens is 252 g/mol. The minimum atomic E-state index is 0.0118. The van der Waals surface area contributed by atoms with E-state index in [0.29, 0.717) is 6.61 Å². The van der Waals surface area contributed by atoms with Gasteiger partial charge < -0.3 is 14.8 Å². The van der Waals surface area contributed by atoms with E-state index in [1.807, 2.05) is 37.3 Å². The molecule has 1 aromatic heterocycles. The number of nitrogens with one attached hydrogen (secondary N) is 1. The smallest absolute Gasteiger partial charge is 0.131 e. The monoisotopic (exact) mass is 274 g/mol. The maximum Gasteiger partial charge on any atom is 0.131 e. The summed E-state index contributed by atoms with van der Waals surface area (Å²) in [4.78, 5) is 4.65. The molecule has 108 valence electrons. The molecule has 4 nitrogen and oxygen atoms in total. The molecule has 2 aromatic rings. The number of hydrogen-bond donors (Lipinski definition) is 1. The Bertz CT molecular complexity index is 557. The van der Waals surface area contributed by atoms with Crippen molar-refractivity contribution in [1.82, 2.24) is 10.3 Å². The SMILES string of the molecule is CCNCc1cc(OC(C)COC)c2ccccc2n1. The predicted octanol–water partition coefficient (Wildman–Crippen LogP) is 2.76. The summed E-state index contributed by atoms with van der Waals surface area (Å²) >= 11 is 0. The molecule has 0 fully saturated rings. The molecular formula is C16H22N2O2. The largest absolute Gasteiger partial charge is 0.488 e. The number of fused-ring (bicyclic) bond motifs is 1. The van der Waals surface area contributed by atoms with Gasteiger partial charge in [0.25, 0.3) is 0 Å². The fourth-order valence-corrected chi connectivity index (χ4v) is 2.12. The molecule has 1 atom stereocenters. The van der Waals surface area contributed by atoms with Crippen molar-refractivity contribution in [1.29, 1.82) is 0 Å². The van der Waals surface area contributed by atoms with E-state index in [1.54, 1.807) is 7.11 Å². The summed E-state index contributed by atoms with van der Waals surface area (Å²) in [6.07, 6.45) is 0.0118. The van der Waals surface area contributed by atoms with Crippen LogP contribution < -0.4 is 10.1 Å². The molecule has 1 unspecified atom stereocenters. The molecule has 1 aromatic carbocycles. The Morgan fingerprint density at radius 2 is 2.10 bits per heavy atom. The molecule has 0 aliphatic carbocycles. The van der Waals surface area contributed by atoms with Gasteiger partial charge in [0.05, 0.1) is 17.8 Å². The number of nitrogens with zero attached hydrogens (tertiary/aromatic N) is 1. The zero-order valence-corrected chi connectivity index (χ0v) is 12.3. The third-order valence-electron chi connectivity index (χ3n) is 3.02. The summed E-state index contributed by atoms with van der Waals surface area (Å²) in [5, 5.41) is 4.33. The normalized spacial score (nSPS) is 12.6. The van der Waals surface area contributed by atoms with Gasteiger partial charge in [0.1, 0.15) is 11.9 Å². The zero-order valence-electron chi connectivity index (χ0n) is 12.3. The van der Waals surface area contributed by atoms with Crippen LogP contribution in [-0.4, -0.2) is 31.3 Å². The summed E-state index contributed by atoms with van der Waals surface area (Å²) in [7, 11) is 1.68. The summed E-state index contributed by atoms with van der Waals surface area (Å²) in [5.41, 5.74) is 1.95. The first-order chi connectivity index (χ1) is 9.74. The van der Waals surface area contributed by atoms with Crippen LogP contribution in [-0.2, 0) is 11.3 Å². The second kappa shape index (κ2) is 7.22. The minimum Gasteiger partial charge on any atom is -0.488 e. The fraction of sp³-hybridized carbons (Fsp3) is 0.438. The van der Waals surface area contributed by atoms with Crippen molar-refractivity contribution < 1.29 is 9.47 Å². The Hall–Kier alpha value is -1.65. The van der Waals surface area contributed by atoms with Gasteiger partial charge in [-0.2, -0.15) is 0 Å². The number of hydrogen-bond acceptors (Lipinski definition) is 4. The van der Waals surface area contributed by atoms with E-state index in [4.69, 9.17) is 9.47 Å². The molecule has 0 bridgehead atoms. The first kappa shape index (κ1) is 14.8. The Morgan fingerprint density at radius 3 is 2.85 bits per heavy atom. The van der Waals surface area contributed by atoms with Crippen molar-refractivity contribution in [2.24, 2.45) is 0 Å². The zero-order chi connectivity index (χ0) is 14.4. The van der Waals surface area contributed by atoms with Gasteiger partial charge in [-0.1, -0.05) is 19.1 Å². The summed E-state index contributed by atoms with van der Waals surface area (Å²) in [6.45, 7) is 6.32. The lowest BCUT2D eigenvalue weighted by Crippen LogP contribution is -2.19. The van der Waals surface area contributed by atoms with Crippen molar-refractivity contribution >= 4 is 10.9 Å². The Morgan fingerprint density at radius 1 is 1.30 bits per heavy atom. The van der Waals surface area contributed by atoms with E-state index in [1.165, 1.54) is 0 Å². The predicted molar refractivity (Wildman–Crippen MR) is 81.1 cm³/mol. The molecule has 0 aliphatic rings. The van der Waals surface area contributed by atoms with Gasteiger partial charge in [-0.15, -0.1) is 0 Å². The van der Waals surface area contributed by atoms with E-state index in [-0.39, 0.29) is 6.10 Å². The lowest BCUT2D eigenvalue weighted by Gasteiger charge is -2.16. The highest BCUT2D eigenvalue weighted by Gasteiger charge is 2.10. The number of methoxy groups -OCH3 is 1.